The summed E-state index contributed by atoms with van der Waals surface area (Å²) in [7, 11) is 0. The van der Waals surface area contributed by atoms with Crippen LogP contribution in [0.15, 0.2) is 76.3 Å². The first-order chi connectivity index (χ1) is 10.8. The molecule has 0 saturated heterocycles. The molecule has 0 bridgehead atoms. The van der Waals surface area contributed by atoms with E-state index in [0.717, 1.165) is 10.8 Å². The van der Waals surface area contributed by atoms with E-state index in [9.17, 15) is 9.59 Å². The van der Waals surface area contributed by atoms with Crippen LogP contribution in [0.4, 0.5) is 0 Å². The summed E-state index contributed by atoms with van der Waals surface area (Å²) >= 11 is 0. The Balaban J connectivity index is 2.26. The van der Waals surface area contributed by atoms with Crippen molar-refractivity contribution in [2.45, 2.75) is 0 Å². The van der Waals surface area contributed by atoms with Gasteiger partial charge in [0.15, 0.2) is 0 Å². The van der Waals surface area contributed by atoms with Crippen LogP contribution in [-0.2, 0) is 0 Å². The number of aromatic amines is 1. The molecule has 0 radical (unpaired) electrons. The van der Waals surface area contributed by atoms with E-state index in [1.54, 1.807) is 0 Å². The predicted octanol–water partition coefficient (Wildman–Crippen LogP) is 2.83. The minimum absolute atomic E-state index is 0.575. The Hall–Kier alpha value is -3.14. The van der Waals surface area contributed by atoms with Crippen molar-refractivity contribution in [2.24, 2.45) is 0 Å². The Morgan fingerprint density at radius 2 is 1.50 bits per heavy atom. The highest BCUT2D eigenvalue weighted by molar-refractivity contribution is 6.04. The SMILES string of the molecule is O=c1[nH]c2c3ccccc3ccc2n(-c2ccccc2)c1=O. The van der Waals surface area contributed by atoms with E-state index in [2.05, 4.69) is 4.98 Å². The molecular formula is C18H12N2O2. The number of hydrogen-bond acceptors (Lipinski definition) is 2. The van der Waals surface area contributed by atoms with E-state index in [0.29, 0.717) is 16.7 Å². The van der Waals surface area contributed by atoms with Gasteiger partial charge in [0.05, 0.1) is 11.0 Å². The van der Waals surface area contributed by atoms with Gasteiger partial charge in [-0.1, -0.05) is 48.5 Å². The molecule has 22 heavy (non-hydrogen) atoms. The summed E-state index contributed by atoms with van der Waals surface area (Å²) in [5.74, 6) is 0. The van der Waals surface area contributed by atoms with Gasteiger partial charge in [0.25, 0.3) is 0 Å². The highest BCUT2D eigenvalue weighted by Gasteiger charge is 2.11. The lowest BCUT2D eigenvalue weighted by atomic mass is 10.1. The van der Waals surface area contributed by atoms with Crippen molar-refractivity contribution in [1.29, 1.82) is 0 Å². The molecular weight excluding hydrogens is 276 g/mol. The number of H-pyrrole nitrogens is 1. The molecule has 0 spiro atoms. The number of nitrogens with zero attached hydrogens (tertiary/aromatic N) is 1. The van der Waals surface area contributed by atoms with Crippen LogP contribution in [0.5, 0.6) is 0 Å². The largest absolute Gasteiger partial charge is 0.321 e. The van der Waals surface area contributed by atoms with Crippen LogP contribution in [0.3, 0.4) is 0 Å². The Bertz CT molecular complexity index is 1110. The Morgan fingerprint density at radius 1 is 0.773 bits per heavy atom. The summed E-state index contributed by atoms with van der Waals surface area (Å²) < 4.78 is 1.46. The zero-order valence-electron chi connectivity index (χ0n) is 11.6. The molecule has 0 saturated carbocycles. The minimum Gasteiger partial charge on any atom is -0.315 e. The van der Waals surface area contributed by atoms with Crippen LogP contribution in [0.1, 0.15) is 0 Å². The molecule has 0 fully saturated rings. The second-order valence-electron chi connectivity index (χ2n) is 5.11. The van der Waals surface area contributed by atoms with Crippen LogP contribution in [0, 0.1) is 0 Å². The highest BCUT2D eigenvalue weighted by Crippen LogP contribution is 2.23. The molecule has 1 heterocycles. The number of rotatable bonds is 1. The maximum Gasteiger partial charge on any atom is 0.321 e. The van der Waals surface area contributed by atoms with Gasteiger partial charge >= 0.3 is 11.1 Å². The van der Waals surface area contributed by atoms with Crippen LogP contribution in [0.25, 0.3) is 27.5 Å². The van der Waals surface area contributed by atoms with Crippen molar-refractivity contribution >= 4 is 21.8 Å². The predicted molar refractivity (Wildman–Crippen MR) is 87.7 cm³/mol. The van der Waals surface area contributed by atoms with Crippen molar-refractivity contribution < 1.29 is 0 Å². The molecule has 0 aliphatic heterocycles. The number of nitrogens with one attached hydrogen (secondary N) is 1. The third kappa shape index (κ3) is 1.78. The normalized spacial score (nSPS) is 11.1. The Kier molecular flexibility index (Phi) is 2.69. The number of aromatic nitrogens is 2. The van der Waals surface area contributed by atoms with Crippen molar-refractivity contribution in [3.63, 3.8) is 0 Å². The number of hydrogen-bond donors (Lipinski definition) is 1. The van der Waals surface area contributed by atoms with Gasteiger partial charge in [-0.05, 0) is 23.6 Å². The second kappa shape index (κ2) is 4.70. The van der Waals surface area contributed by atoms with Crippen molar-refractivity contribution in [3.05, 3.63) is 87.4 Å². The lowest BCUT2D eigenvalue weighted by molar-refractivity contribution is 0.989. The lowest BCUT2D eigenvalue weighted by Gasteiger charge is -2.11. The Labute approximate surface area is 125 Å². The molecule has 1 N–H and O–H groups in total. The van der Waals surface area contributed by atoms with Gasteiger partial charge < -0.3 is 4.98 Å². The summed E-state index contributed by atoms with van der Waals surface area (Å²) in [4.78, 5) is 27.1. The highest BCUT2D eigenvalue weighted by atomic mass is 16.2. The van der Waals surface area contributed by atoms with Gasteiger partial charge in [-0.15, -0.1) is 0 Å². The molecule has 0 aliphatic carbocycles. The van der Waals surface area contributed by atoms with Gasteiger partial charge in [0.2, 0.25) is 0 Å². The van der Waals surface area contributed by atoms with Crippen LogP contribution in [0.2, 0.25) is 0 Å². The van der Waals surface area contributed by atoms with Crippen molar-refractivity contribution in [2.75, 3.05) is 0 Å². The first kappa shape index (κ1) is 12.6. The molecule has 0 atom stereocenters. The second-order valence-corrected chi connectivity index (χ2v) is 5.11. The van der Waals surface area contributed by atoms with Crippen LogP contribution < -0.4 is 11.1 Å². The first-order valence-electron chi connectivity index (χ1n) is 6.98. The van der Waals surface area contributed by atoms with Gasteiger partial charge in [-0.2, -0.15) is 0 Å². The van der Waals surface area contributed by atoms with E-state index < -0.39 is 11.1 Å². The van der Waals surface area contributed by atoms with E-state index in [1.807, 2.05) is 66.7 Å². The summed E-state index contributed by atoms with van der Waals surface area (Å²) in [6.07, 6.45) is 0. The third-order valence-electron chi connectivity index (χ3n) is 3.80. The monoisotopic (exact) mass is 288 g/mol. The third-order valence-corrected chi connectivity index (χ3v) is 3.80. The summed E-state index contributed by atoms with van der Waals surface area (Å²) in [5.41, 5.74) is 0.849. The lowest BCUT2D eigenvalue weighted by Crippen LogP contribution is -2.35. The molecule has 0 aliphatic rings. The average Bonchev–Trinajstić information content (AvgIpc) is 2.57. The van der Waals surface area contributed by atoms with E-state index >= 15 is 0 Å². The number of para-hydroxylation sites is 1. The van der Waals surface area contributed by atoms with Gasteiger partial charge in [0, 0.05) is 11.1 Å². The number of benzene rings is 3. The molecule has 4 rings (SSSR count). The molecule has 106 valence electrons. The maximum absolute atomic E-state index is 12.3. The quantitative estimate of drug-likeness (QED) is 0.432. The average molecular weight is 288 g/mol. The molecule has 4 nitrogen and oxygen atoms in total. The summed E-state index contributed by atoms with van der Waals surface area (Å²) in [6.45, 7) is 0. The van der Waals surface area contributed by atoms with Crippen LogP contribution in [-0.4, -0.2) is 9.55 Å². The minimum atomic E-state index is -0.618. The zero-order valence-corrected chi connectivity index (χ0v) is 11.6. The molecule has 1 aromatic heterocycles. The Morgan fingerprint density at radius 3 is 2.32 bits per heavy atom. The standard InChI is InChI=1S/C18H12N2O2/c21-17-18(22)20(13-7-2-1-3-8-13)15-11-10-12-6-4-5-9-14(12)16(15)19-17/h1-11H,(H,19,21). The van der Waals surface area contributed by atoms with E-state index in [1.165, 1.54) is 4.57 Å². The summed E-state index contributed by atoms with van der Waals surface area (Å²) in [6, 6.07) is 20.8. The summed E-state index contributed by atoms with van der Waals surface area (Å²) in [5, 5.41) is 1.94. The molecule has 4 heteroatoms. The van der Waals surface area contributed by atoms with Gasteiger partial charge in [0.1, 0.15) is 0 Å². The first-order valence-corrected chi connectivity index (χ1v) is 6.98. The van der Waals surface area contributed by atoms with Gasteiger partial charge in [-0.25, -0.2) is 0 Å². The molecule has 4 aromatic rings. The fraction of sp³-hybridized carbons (Fsp3) is 0. The fourth-order valence-electron chi connectivity index (χ4n) is 2.79. The van der Waals surface area contributed by atoms with E-state index in [4.69, 9.17) is 0 Å². The molecule has 0 unspecified atom stereocenters. The van der Waals surface area contributed by atoms with Crippen molar-refractivity contribution in [1.82, 2.24) is 9.55 Å². The number of fused-ring (bicyclic) bond motifs is 3. The van der Waals surface area contributed by atoms with Gasteiger partial charge in [-0.3, -0.25) is 14.2 Å². The van der Waals surface area contributed by atoms with Crippen molar-refractivity contribution in [3.8, 4) is 5.69 Å². The van der Waals surface area contributed by atoms with E-state index in [-0.39, 0.29) is 0 Å². The maximum atomic E-state index is 12.3. The smallest absolute Gasteiger partial charge is 0.315 e. The topological polar surface area (TPSA) is 54.9 Å². The molecule has 3 aromatic carbocycles. The molecule has 0 amide bonds. The zero-order chi connectivity index (χ0) is 15.1. The fourth-order valence-corrected chi connectivity index (χ4v) is 2.79. The van der Waals surface area contributed by atoms with Crippen LogP contribution >= 0.6 is 0 Å².